The zero-order valence-corrected chi connectivity index (χ0v) is 17.5. The van der Waals surface area contributed by atoms with Crippen molar-refractivity contribution in [2.24, 2.45) is 10.7 Å². The molecule has 0 saturated carbocycles. The van der Waals surface area contributed by atoms with Crippen molar-refractivity contribution < 1.29 is 9.53 Å². The summed E-state index contributed by atoms with van der Waals surface area (Å²) in [5.74, 6) is 0.412. The van der Waals surface area contributed by atoms with E-state index in [4.69, 9.17) is 10.5 Å². The van der Waals surface area contributed by atoms with Crippen LogP contribution in [0.2, 0.25) is 0 Å². The predicted octanol–water partition coefficient (Wildman–Crippen LogP) is 1.05. The molecule has 1 aromatic rings. The Labute approximate surface area is 172 Å². The number of aliphatic imine (C=N–C) groups is 1. The molecule has 0 spiro atoms. The summed E-state index contributed by atoms with van der Waals surface area (Å²) < 4.78 is 5.33. The summed E-state index contributed by atoms with van der Waals surface area (Å²) in [6.45, 7) is 6.73. The van der Waals surface area contributed by atoms with Crippen LogP contribution >= 0.6 is 24.0 Å². The van der Waals surface area contributed by atoms with Crippen LogP contribution in [0.4, 0.5) is 0 Å². The van der Waals surface area contributed by atoms with Crippen LogP contribution in [0.25, 0.3) is 0 Å². The van der Waals surface area contributed by atoms with E-state index in [1.54, 1.807) is 12.1 Å². The van der Waals surface area contributed by atoms with Gasteiger partial charge in [0.15, 0.2) is 5.96 Å². The molecule has 0 bridgehead atoms. The van der Waals surface area contributed by atoms with Gasteiger partial charge in [0, 0.05) is 38.3 Å². The normalized spacial score (nSPS) is 15.2. The highest BCUT2D eigenvalue weighted by molar-refractivity contribution is 14.0. The van der Waals surface area contributed by atoms with Crippen molar-refractivity contribution in [3.63, 3.8) is 0 Å². The maximum absolute atomic E-state index is 11.9. The molecule has 0 aliphatic carbocycles. The SMILES string of the molecule is I.NC(=NCCCNC(=O)c1ccccc1)NCCCN1CCOCC1. The number of nitrogens with two attached hydrogens (primary N) is 1. The molecule has 1 aromatic carbocycles. The van der Waals surface area contributed by atoms with E-state index in [-0.39, 0.29) is 29.9 Å². The van der Waals surface area contributed by atoms with E-state index in [1.807, 2.05) is 18.2 Å². The minimum absolute atomic E-state index is 0. The Morgan fingerprint density at radius 2 is 1.81 bits per heavy atom. The molecule has 146 valence electrons. The summed E-state index contributed by atoms with van der Waals surface area (Å²) in [6, 6.07) is 9.19. The van der Waals surface area contributed by atoms with Crippen molar-refractivity contribution in [3.8, 4) is 0 Å². The van der Waals surface area contributed by atoms with Gasteiger partial charge in [-0.2, -0.15) is 0 Å². The average molecular weight is 475 g/mol. The first-order valence-corrected chi connectivity index (χ1v) is 8.93. The summed E-state index contributed by atoms with van der Waals surface area (Å²) >= 11 is 0. The summed E-state index contributed by atoms with van der Waals surface area (Å²) in [5.41, 5.74) is 6.52. The van der Waals surface area contributed by atoms with Crippen LogP contribution in [-0.2, 0) is 4.74 Å². The van der Waals surface area contributed by atoms with Gasteiger partial charge < -0.3 is 21.1 Å². The average Bonchev–Trinajstić information content (AvgIpc) is 2.66. The van der Waals surface area contributed by atoms with Crippen molar-refractivity contribution in [2.45, 2.75) is 12.8 Å². The zero-order chi connectivity index (χ0) is 17.7. The smallest absolute Gasteiger partial charge is 0.251 e. The van der Waals surface area contributed by atoms with E-state index in [2.05, 4.69) is 20.5 Å². The highest BCUT2D eigenvalue weighted by Gasteiger charge is 2.09. The van der Waals surface area contributed by atoms with Crippen LogP contribution in [0.1, 0.15) is 23.2 Å². The van der Waals surface area contributed by atoms with Gasteiger partial charge in [-0.1, -0.05) is 18.2 Å². The second-order valence-electron chi connectivity index (χ2n) is 5.98. The van der Waals surface area contributed by atoms with Crippen molar-refractivity contribution >= 4 is 35.8 Å². The molecule has 0 aromatic heterocycles. The fraction of sp³-hybridized carbons (Fsp3) is 0.556. The molecule has 1 fully saturated rings. The number of hydrogen-bond acceptors (Lipinski definition) is 4. The maximum atomic E-state index is 11.9. The lowest BCUT2D eigenvalue weighted by atomic mass is 10.2. The predicted molar refractivity (Wildman–Crippen MR) is 115 cm³/mol. The number of hydrogen-bond donors (Lipinski definition) is 3. The van der Waals surface area contributed by atoms with E-state index in [0.717, 1.165) is 52.2 Å². The molecule has 1 amide bonds. The molecule has 1 aliphatic heterocycles. The quantitative estimate of drug-likeness (QED) is 0.215. The maximum Gasteiger partial charge on any atom is 0.251 e. The molecule has 8 heteroatoms. The molecule has 2 rings (SSSR count). The first-order chi connectivity index (χ1) is 12.3. The van der Waals surface area contributed by atoms with Gasteiger partial charge in [-0.05, 0) is 31.5 Å². The zero-order valence-electron chi connectivity index (χ0n) is 15.2. The molecule has 0 radical (unpaired) electrons. The van der Waals surface area contributed by atoms with Crippen LogP contribution in [0.3, 0.4) is 0 Å². The Balaban J connectivity index is 0.00000338. The molecule has 1 aliphatic rings. The number of carbonyl (C=O) groups excluding carboxylic acids is 1. The van der Waals surface area contributed by atoms with Crippen molar-refractivity contribution in [2.75, 3.05) is 52.5 Å². The molecule has 1 saturated heterocycles. The molecule has 4 N–H and O–H groups in total. The largest absolute Gasteiger partial charge is 0.379 e. The van der Waals surface area contributed by atoms with Crippen molar-refractivity contribution in [1.82, 2.24) is 15.5 Å². The minimum atomic E-state index is -0.0567. The molecule has 1 heterocycles. The van der Waals surface area contributed by atoms with E-state index in [0.29, 0.717) is 24.6 Å². The number of nitrogens with one attached hydrogen (secondary N) is 2. The van der Waals surface area contributed by atoms with Crippen molar-refractivity contribution in [1.29, 1.82) is 0 Å². The van der Waals surface area contributed by atoms with Crippen molar-refractivity contribution in [3.05, 3.63) is 35.9 Å². The third kappa shape index (κ3) is 9.35. The molecule has 7 nitrogen and oxygen atoms in total. The van der Waals surface area contributed by atoms with Crippen LogP contribution in [0, 0.1) is 0 Å². The Morgan fingerprint density at radius 3 is 2.54 bits per heavy atom. The van der Waals surface area contributed by atoms with Crippen LogP contribution in [0.5, 0.6) is 0 Å². The van der Waals surface area contributed by atoms with Gasteiger partial charge in [0.2, 0.25) is 0 Å². The topological polar surface area (TPSA) is 92.0 Å². The monoisotopic (exact) mass is 475 g/mol. The molecule has 0 unspecified atom stereocenters. The van der Waals surface area contributed by atoms with E-state index < -0.39 is 0 Å². The van der Waals surface area contributed by atoms with Crippen LogP contribution in [0.15, 0.2) is 35.3 Å². The second kappa shape index (κ2) is 13.8. The number of morpholine rings is 1. The first-order valence-electron chi connectivity index (χ1n) is 8.93. The standard InChI is InChI=1S/C18H29N5O2.HI/c19-18(22-10-5-11-23-12-14-25-15-13-23)21-9-4-8-20-17(24)16-6-2-1-3-7-16;/h1-3,6-7H,4-5,8-15H2,(H,20,24)(H3,19,21,22);1H. The highest BCUT2D eigenvalue weighted by atomic mass is 127. The molecular weight excluding hydrogens is 445 g/mol. The van der Waals surface area contributed by atoms with Gasteiger partial charge in [0.1, 0.15) is 0 Å². The Kier molecular flexibility index (Phi) is 12.0. The summed E-state index contributed by atoms with van der Waals surface area (Å²) in [4.78, 5) is 18.5. The van der Waals surface area contributed by atoms with Gasteiger partial charge >= 0.3 is 0 Å². The number of halogens is 1. The van der Waals surface area contributed by atoms with Crippen LogP contribution < -0.4 is 16.4 Å². The third-order valence-electron chi connectivity index (χ3n) is 4.00. The third-order valence-corrected chi connectivity index (χ3v) is 4.00. The number of rotatable bonds is 9. The molecular formula is C18H30IN5O2. The summed E-state index contributed by atoms with van der Waals surface area (Å²) in [6.07, 6.45) is 1.79. The molecule has 26 heavy (non-hydrogen) atoms. The lowest BCUT2D eigenvalue weighted by Gasteiger charge is -2.26. The second-order valence-corrected chi connectivity index (χ2v) is 5.98. The van der Waals surface area contributed by atoms with Crippen LogP contribution in [-0.4, -0.2) is 69.2 Å². The molecule has 0 atom stereocenters. The lowest BCUT2D eigenvalue weighted by Crippen LogP contribution is -2.39. The van der Waals surface area contributed by atoms with Gasteiger partial charge in [-0.25, -0.2) is 0 Å². The van der Waals surface area contributed by atoms with Gasteiger partial charge in [0.25, 0.3) is 5.91 Å². The van der Waals surface area contributed by atoms with E-state index >= 15 is 0 Å². The lowest BCUT2D eigenvalue weighted by molar-refractivity contribution is 0.0376. The van der Waals surface area contributed by atoms with E-state index in [9.17, 15) is 4.79 Å². The number of ether oxygens (including phenoxy) is 1. The number of guanidine groups is 1. The number of amides is 1. The Hall–Kier alpha value is -1.39. The number of benzene rings is 1. The Bertz CT molecular complexity index is 536. The fourth-order valence-electron chi connectivity index (χ4n) is 2.57. The summed E-state index contributed by atoms with van der Waals surface area (Å²) in [5, 5.41) is 6.01. The minimum Gasteiger partial charge on any atom is -0.379 e. The fourth-order valence-corrected chi connectivity index (χ4v) is 2.57. The van der Waals surface area contributed by atoms with Gasteiger partial charge in [-0.3, -0.25) is 14.7 Å². The number of carbonyl (C=O) groups is 1. The van der Waals surface area contributed by atoms with Gasteiger partial charge in [0.05, 0.1) is 13.2 Å². The summed E-state index contributed by atoms with van der Waals surface area (Å²) in [7, 11) is 0. The Morgan fingerprint density at radius 1 is 1.12 bits per heavy atom. The van der Waals surface area contributed by atoms with Gasteiger partial charge in [-0.15, -0.1) is 24.0 Å². The first kappa shape index (κ1) is 22.7. The highest BCUT2D eigenvalue weighted by Crippen LogP contribution is 1.98. The number of nitrogens with zero attached hydrogens (tertiary/aromatic N) is 2. The van der Waals surface area contributed by atoms with E-state index in [1.165, 1.54) is 0 Å².